The van der Waals surface area contributed by atoms with E-state index in [0.717, 1.165) is 17.5 Å². The van der Waals surface area contributed by atoms with E-state index in [4.69, 9.17) is 16.3 Å². The van der Waals surface area contributed by atoms with Crippen LogP contribution in [-0.2, 0) is 6.42 Å². The van der Waals surface area contributed by atoms with E-state index in [0.29, 0.717) is 22.0 Å². The first-order valence-corrected chi connectivity index (χ1v) is 8.68. The molecule has 0 atom stereocenters. The van der Waals surface area contributed by atoms with E-state index < -0.39 is 0 Å². The molecule has 3 aromatic rings. The monoisotopic (exact) mass is 365 g/mol. The van der Waals surface area contributed by atoms with Gasteiger partial charge in [-0.15, -0.1) is 0 Å². The van der Waals surface area contributed by atoms with Gasteiger partial charge in [-0.3, -0.25) is 4.99 Å². The number of rotatable bonds is 5. The second kappa shape index (κ2) is 8.07. The molecule has 3 nitrogen and oxygen atoms in total. The molecule has 1 N–H and O–H groups in total. The number of ether oxygens (including phenoxy) is 1. The van der Waals surface area contributed by atoms with Crippen molar-refractivity contribution < 1.29 is 9.84 Å². The molecule has 0 spiro atoms. The lowest BCUT2D eigenvalue weighted by molar-refractivity contribution is 0.415. The highest BCUT2D eigenvalue weighted by atomic mass is 35.5. The molecule has 0 radical (unpaired) electrons. The van der Waals surface area contributed by atoms with Crippen molar-refractivity contribution in [3.8, 4) is 11.5 Å². The predicted octanol–water partition coefficient (Wildman–Crippen LogP) is 5.70. The van der Waals surface area contributed by atoms with Crippen LogP contribution in [0.3, 0.4) is 0 Å². The van der Waals surface area contributed by atoms with Crippen molar-refractivity contribution in [1.82, 2.24) is 0 Å². The molecule has 0 aliphatic heterocycles. The van der Waals surface area contributed by atoms with Gasteiger partial charge in [0.15, 0.2) is 0 Å². The summed E-state index contributed by atoms with van der Waals surface area (Å²) in [6, 6.07) is 19.5. The molecule has 0 bridgehead atoms. The van der Waals surface area contributed by atoms with E-state index in [-0.39, 0.29) is 5.75 Å². The molecule has 3 rings (SSSR count). The maximum atomic E-state index is 10.4. The van der Waals surface area contributed by atoms with Crippen molar-refractivity contribution in [3.05, 3.63) is 87.9 Å². The maximum absolute atomic E-state index is 10.4. The van der Waals surface area contributed by atoms with Crippen molar-refractivity contribution in [2.24, 2.45) is 4.99 Å². The molecule has 0 aliphatic rings. The zero-order chi connectivity index (χ0) is 18.5. The summed E-state index contributed by atoms with van der Waals surface area (Å²) in [6.45, 7) is 1.89. The first kappa shape index (κ1) is 18.0. The van der Waals surface area contributed by atoms with Gasteiger partial charge in [0.2, 0.25) is 0 Å². The lowest BCUT2D eigenvalue weighted by Gasteiger charge is -2.09. The van der Waals surface area contributed by atoms with E-state index in [1.54, 1.807) is 25.5 Å². The Morgan fingerprint density at radius 3 is 2.50 bits per heavy atom. The summed E-state index contributed by atoms with van der Waals surface area (Å²) in [4.78, 5) is 4.44. The third-order valence-electron chi connectivity index (χ3n) is 4.13. The Labute approximate surface area is 158 Å². The zero-order valence-corrected chi connectivity index (χ0v) is 15.5. The van der Waals surface area contributed by atoms with E-state index >= 15 is 0 Å². The Balaban J connectivity index is 1.88. The first-order valence-electron chi connectivity index (χ1n) is 8.31. The summed E-state index contributed by atoms with van der Waals surface area (Å²) in [5.74, 6) is 0.847. The molecule has 26 heavy (non-hydrogen) atoms. The molecule has 132 valence electrons. The second-order valence-electron chi connectivity index (χ2n) is 6.09. The number of hydrogen-bond acceptors (Lipinski definition) is 3. The quantitative estimate of drug-likeness (QED) is 0.589. The Morgan fingerprint density at radius 1 is 1.04 bits per heavy atom. The highest BCUT2D eigenvalue weighted by molar-refractivity contribution is 6.32. The van der Waals surface area contributed by atoms with Crippen LogP contribution in [0.15, 0.2) is 65.7 Å². The van der Waals surface area contributed by atoms with Gasteiger partial charge in [-0.2, -0.15) is 0 Å². The van der Waals surface area contributed by atoms with Crippen molar-refractivity contribution in [2.45, 2.75) is 13.3 Å². The van der Waals surface area contributed by atoms with Gasteiger partial charge in [0.25, 0.3) is 0 Å². The number of aromatic hydroxyl groups is 1. The van der Waals surface area contributed by atoms with Crippen LogP contribution >= 0.6 is 11.6 Å². The zero-order valence-electron chi connectivity index (χ0n) is 14.7. The fourth-order valence-electron chi connectivity index (χ4n) is 2.80. The number of aryl methyl sites for hydroxylation is 1. The third-order valence-corrected chi connectivity index (χ3v) is 4.42. The van der Waals surface area contributed by atoms with Crippen LogP contribution < -0.4 is 4.74 Å². The molecule has 0 heterocycles. The van der Waals surface area contributed by atoms with Gasteiger partial charge < -0.3 is 9.84 Å². The minimum atomic E-state index is 0.241. The number of halogens is 1. The standard InChI is InChI=1S/C22H20ClNO2/c1-15-10-17(11-16-6-4-3-5-7-16)12-18(22(15)25)14-24-19-8-9-21(26-2)20(23)13-19/h3-10,12-14,25H,11H2,1-2H3. The van der Waals surface area contributed by atoms with Crippen LogP contribution in [0.2, 0.25) is 5.02 Å². The summed E-state index contributed by atoms with van der Waals surface area (Å²) in [5.41, 5.74) is 4.56. The van der Waals surface area contributed by atoms with Crippen molar-refractivity contribution >= 4 is 23.5 Å². The number of phenols is 1. The largest absolute Gasteiger partial charge is 0.507 e. The molecule has 0 unspecified atom stereocenters. The van der Waals surface area contributed by atoms with E-state index in [1.165, 1.54) is 5.56 Å². The molecule has 4 heteroatoms. The third kappa shape index (κ3) is 4.24. The van der Waals surface area contributed by atoms with Crippen LogP contribution in [-0.4, -0.2) is 18.4 Å². The molecule has 0 amide bonds. The van der Waals surface area contributed by atoms with E-state index in [2.05, 4.69) is 17.1 Å². The average Bonchev–Trinajstić information content (AvgIpc) is 2.64. The minimum Gasteiger partial charge on any atom is -0.507 e. The maximum Gasteiger partial charge on any atom is 0.137 e. The van der Waals surface area contributed by atoms with Gasteiger partial charge >= 0.3 is 0 Å². The number of benzene rings is 3. The lowest BCUT2D eigenvalue weighted by atomic mass is 9.99. The predicted molar refractivity (Wildman–Crippen MR) is 107 cm³/mol. The summed E-state index contributed by atoms with van der Waals surface area (Å²) < 4.78 is 5.15. The van der Waals surface area contributed by atoms with Gasteiger partial charge in [0, 0.05) is 11.8 Å². The lowest BCUT2D eigenvalue weighted by Crippen LogP contribution is -1.93. The molecular weight excluding hydrogens is 346 g/mol. The van der Waals surface area contributed by atoms with Crippen molar-refractivity contribution in [2.75, 3.05) is 7.11 Å². The Morgan fingerprint density at radius 2 is 1.81 bits per heavy atom. The van der Waals surface area contributed by atoms with Crippen LogP contribution in [0.4, 0.5) is 5.69 Å². The van der Waals surface area contributed by atoms with Gasteiger partial charge in [-0.1, -0.05) is 48.0 Å². The SMILES string of the molecule is COc1ccc(N=Cc2cc(Cc3ccccc3)cc(C)c2O)cc1Cl. The van der Waals surface area contributed by atoms with Gasteiger partial charge in [-0.05, 0) is 54.3 Å². The number of hydrogen-bond donors (Lipinski definition) is 1. The Hall–Kier alpha value is -2.78. The molecule has 0 aliphatic carbocycles. The number of phenolic OH excluding ortho intramolecular Hbond substituents is 1. The molecule has 0 fully saturated rings. The number of nitrogens with zero attached hydrogens (tertiary/aromatic N) is 1. The molecule has 0 aromatic heterocycles. The van der Waals surface area contributed by atoms with Crippen LogP contribution in [0.1, 0.15) is 22.3 Å². The molecule has 0 saturated carbocycles. The van der Waals surface area contributed by atoms with Gasteiger partial charge in [0.1, 0.15) is 11.5 Å². The number of aliphatic imine (C=N–C) groups is 1. The number of methoxy groups -OCH3 is 1. The van der Waals surface area contributed by atoms with Gasteiger partial charge in [0.05, 0.1) is 17.8 Å². The average molecular weight is 366 g/mol. The van der Waals surface area contributed by atoms with Crippen molar-refractivity contribution in [3.63, 3.8) is 0 Å². The van der Waals surface area contributed by atoms with E-state index in [1.807, 2.05) is 43.3 Å². The highest BCUT2D eigenvalue weighted by Crippen LogP contribution is 2.29. The Kier molecular flexibility index (Phi) is 5.59. The van der Waals surface area contributed by atoms with Crippen LogP contribution in [0, 0.1) is 6.92 Å². The fraction of sp³-hybridized carbons (Fsp3) is 0.136. The van der Waals surface area contributed by atoms with Crippen molar-refractivity contribution in [1.29, 1.82) is 0 Å². The summed E-state index contributed by atoms with van der Waals surface area (Å²) in [6.07, 6.45) is 2.46. The summed E-state index contributed by atoms with van der Waals surface area (Å²) in [5, 5.41) is 10.9. The highest BCUT2D eigenvalue weighted by Gasteiger charge is 2.07. The van der Waals surface area contributed by atoms with Crippen LogP contribution in [0.5, 0.6) is 11.5 Å². The Bertz CT molecular complexity index is 936. The topological polar surface area (TPSA) is 41.8 Å². The fourth-order valence-corrected chi connectivity index (χ4v) is 3.05. The van der Waals surface area contributed by atoms with E-state index in [9.17, 15) is 5.11 Å². The smallest absolute Gasteiger partial charge is 0.137 e. The normalized spacial score (nSPS) is 11.0. The second-order valence-corrected chi connectivity index (χ2v) is 6.50. The van der Waals surface area contributed by atoms with Gasteiger partial charge in [-0.25, -0.2) is 0 Å². The molecular formula is C22H20ClNO2. The minimum absolute atomic E-state index is 0.241. The summed E-state index contributed by atoms with van der Waals surface area (Å²) >= 11 is 6.14. The molecule has 0 saturated heterocycles. The first-order chi connectivity index (χ1) is 12.6. The molecule has 3 aromatic carbocycles. The van der Waals surface area contributed by atoms with Crippen LogP contribution in [0.25, 0.3) is 0 Å². The summed E-state index contributed by atoms with van der Waals surface area (Å²) in [7, 11) is 1.57.